The van der Waals surface area contributed by atoms with Crippen LogP contribution in [0.25, 0.3) is 0 Å². The monoisotopic (exact) mass is 315 g/mol. The van der Waals surface area contributed by atoms with E-state index < -0.39 is 24.6 Å². The molecule has 22 heavy (non-hydrogen) atoms. The Morgan fingerprint density at radius 3 is 2.50 bits per heavy atom. The maximum Gasteiger partial charge on any atom is 0.417 e. The van der Waals surface area contributed by atoms with Gasteiger partial charge < -0.3 is 10.0 Å². The Morgan fingerprint density at radius 1 is 1.32 bits per heavy atom. The standard InChI is InChI=1S/C16H20F3NO2/c1-12-3-2-4-13(11-12)5-6-14(21)20-9-7-15(22,8-10-20)16(17,18)19/h2-4,11,22H,5-10H2,1H3. The first-order valence-corrected chi connectivity index (χ1v) is 7.34. The van der Waals surface area contributed by atoms with Crippen LogP contribution in [0.15, 0.2) is 24.3 Å². The number of rotatable bonds is 3. The third kappa shape index (κ3) is 3.80. The minimum absolute atomic E-state index is 0.0529. The van der Waals surface area contributed by atoms with Crippen molar-refractivity contribution >= 4 is 5.91 Å². The largest absolute Gasteiger partial charge is 0.417 e. The predicted molar refractivity (Wildman–Crippen MR) is 76.3 cm³/mol. The highest BCUT2D eigenvalue weighted by atomic mass is 19.4. The molecule has 1 N–H and O–H groups in total. The van der Waals surface area contributed by atoms with Gasteiger partial charge in [-0.3, -0.25) is 4.79 Å². The van der Waals surface area contributed by atoms with E-state index in [0.717, 1.165) is 11.1 Å². The van der Waals surface area contributed by atoms with Gasteiger partial charge in [-0.15, -0.1) is 0 Å². The second-order valence-electron chi connectivity index (χ2n) is 5.90. The number of hydrogen-bond acceptors (Lipinski definition) is 2. The van der Waals surface area contributed by atoms with Crippen LogP contribution in [0.2, 0.25) is 0 Å². The number of benzene rings is 1. The lowest BCUT2D eigenvalue weighted by Gasteiger charge is -2.39. The SMILES string of the molecule is Cc1cccc(CCC(=O)N2CCC(O)(C(F)(F)F)CC2)c1. The summed E-state index contributed by atoms with van der Waals surface area (Å²) in [6.07, 6.45) is -4.70. The molecule has 0 bridgehead atoms. The van der Waals surface area contributed by atoms with Gasteiger partial charge in [-0.05, 0) is 18.9 Å². The lowest BCUT2D eigenvalue weighted by molar-refractivity contribution is -0.272. The molecule has 1 aromatic carbocycles. The summed E-state index contributed by atoms with van der Waals surface area (Å²) >= 11 is 0. The summed E-state index contributed by atoms with van der Waals surface area (Å²) in [5.41, 5.74) is -0.504. The highest BCUT2D eigenvalue weighted by Crippen LogP contribution is 2.38. The fourth-order valence-corrected chi connectivity index (χ4v) is 2.69. The van der Waals surface area contributed by atoms with Gasteiger partial charge >= 0.3 is 6.18 Å². The number of aliphatic hydroxyl groups is 1. The molecule has 0 unspecified atom stereocenters. The Labute approximate surface area is 127 Å². The summed E-state index contributed by atoms with van der Waals surface area (Å²) in [7, 11) is 0. The highest BCUT2D eigenvalue weighted by Gasteiger charge is 2.54. The molecule has 2 rings (SSSR count). The Hall–Kier alpha value is -1.56. The van der Waals surface area contributed by atoms with E-state index in [2.05, 4.69) is 0 Å². The summed E-state index contributed by atoms with van der Waals surface area (Å²) in [5.74, 6) is -0.161. The van der Waals surface area contributed by atoms with Crippen LogP contribution >= 0.6 is 0 Å². The number of aryl methyl sites for hydroxylation is 2. The highest BCUT2D eigenvalue weighted by molar-refractivity contribution is 5.76. The van der Waals surface area contributed by atoms with Crippen molar-refractivity contribution in [1.29, 1.82) is 0 Å². The molecule has 1 saturated heterocycles. The van der Waals surface area contributed by atoms with Gasteiger partial charge in [0.2, 0.25) is 5.91 Å². The molecular weight excluding hydrogens is 295 g/mol. The smallest absolute Gasteiger partial charge is 0.380 e. The third-order valence-electron chi connectivity index (χ3n) is 4.18. The molecule has 1 heterocycles. The van der Waals surface area contributed by atoms with Crippen molar-refractivity contribution in [2.45, 2.75) is 44.4 Å². The molecule has 0 aliphatic carbocycles. The van der Waals surface area contributed by atoms with Gasteiger partial charge in [0.1, 0.15) is 0 Å². The second-order valence-corrected chi connectivity index (χ2v) is 5.90. The molecule has 0 aromatic heterocycles. The first-order chi connectivity index (χ1) is 10.2. The molecule has 122 valence electrons. The summed E-state index contributed by atoms with van der Waals surface area (Å²) in [6, 6.07) is 7.80. The normalized spacial score (nSPS) is 18.3. The first kappa shape index (κ1) is 16.8. The summed E-state index contributed by atoms with van der Waals surface area (Å²) in [6.45, 7) is 1.86. The number of hydrogen-bond donors (Lipinski definition) is 1. The minimum Gasteiger partial charge on any atom is -0.380 e. The van der Waals surface area contributed by atoms with Gasteiger partial charge in [-0.25, -0.2) is 0 Å². The number of halogens is 3. The number of nitrogens with zero attached hydrogens (tertiary/aromatic N) is 1. The molecule has 6 heteroatoms. The number of piperidine rings is 1. The quantitative estimate of drug-likeness (QED) is 0.932. The third-order valence-corrected chi connectivity index (χ3v) is 4.18. The summed E-state index contributed by atoms with van der Waals surface area (Å²) in [5, 5.41) is 9.58. The van der Waals surface area contributed by atoms with E-state index in [1.54, 1.807) is 0 Å². The molecule has 1 aromatic rings. The average molecular weight is 315 g/mol. The average Bonchev–Trinajstić information content (AvgIpc) is 2.44. The van der Waals surface area contributed by atoms with Crippen LogP contribution in [0.3, 0.4) is 0 Å². The Kier molecular flexibility index (Phi) is 4.80. The lowest BCUT2D eigenvalue weighted by Crippen LogP contribution is -2.54. The summed E-state index contributed by atoms with van der Waals surface area (Å²) in [4.78, 5) is 13.5. The van der Waals surface area contributed by atoms with Crippen LogP contribution in [0.4, 0.5) is 13.2 Å². The van der Waals surface area contributed by atoms with Crippen molar-refractivity contribution in [2.75, 3.05) is 13.1 Å². The topological polar surface area (TPSA) is 40.5 Å². The fourth-order valence-electron chi connectivity index (χ4n) is 2.69. The molecule has 1 amide bonds. The maximum absolute atomic E-state index is 12.7. The van der Waals surface area contributed by atoms with Crippen molar-refractivity contribution < 1.29 is 23.1 Å². The number of likely N-dealkylation sites (tertiary alicyclic amines) is 1. The van der Waals surface area contributed by atoms with E-state index in [4.69, 9.17) is 0 Å². The molecule has 1 aliphatic rings. The van der Waals surface area contributed by atoms with Gasteiger partial charge in [-0.2, -0.15) is 13.2 Å². The van der Waals surface area contributed by atoms with Crippen LogP contribution in [0.5, 0.6) is 0 Å². The zero-order valence-corrected chi connectivity index (χ0v) is 12.5. The van der Waals surface area contributed by atoms with E-state index in [1.807, 2.05) is 31.2 Å². The van der Waals surface area contributed by atoms with Gasteiger partial charge in [0.15, 0.2) is 5.60 Å². The second kappa shape index (κ2) is 6.28. The molecule has 0 saturated carbocycles. The Morgan fingerprint density at radius 2 is 1.95 bits per heavy atom. The first-order valence-electron chi connectivity index (χ1n) is 7.34. The fraction of sp³-hybridized carbons (Fsp3) is 0.562. The van der Waals surface area contributed by atoms with Gasteiger partial charge in [0.05, 0.1) is 0 Å². The zero-order valence-electron chi connectivity index (χ0n) is 12.5. The molecule has 0 radical (unpaired) electrons. The van der Waals surface area contributed by atoms with Gasteiger partial charge in [0, 0.05) is 32.4 Å². The Balaban J connectivity index is 1.85. The van der Waals surface area contributed by atoms with Crippen LogP contribution in [-0.2, 0) is 11.2 Å². The van der Waals surface area contributed by atoms with E-state index >= 15 is 0 Å². The van der Waals surface area contributed by atoms with Crippen LogP contribution in [0, 0.1) is 6.92 Å². The number of carbonyl (C=O) groups excluding carboxylic acids is 1. The van der Waals surface area contributed by atoms with E-state index in [1.165, 1.54) is 4.90 Å². The maximum atomic E-state index is 12.7. The Bertz CT molecular complexity index is 534. The van der Waals surface area contributed by atoms with Crippen LogP contribution in [-0.4, -0.2) is 40.8 Å². The molecule has 0 spiro atoms. The molecular formula is C16H20F3NO2. The minimum atomic E-state index is -4.64. The predicted octanol–water partition coefficient (Wildman–Crippen LogP) is 2.84. The summed E-state index contributed by atoms with van der Waals surface area (Å²) < 4.78 is 38.1. The molecule has 3 nitrogen and oxygen atoms in total. The van der Waals surface area contributed by atoms with E-state index in [9.17, 15) is 23.1 Å². The molecule has 1 fully saturated rings. The number of amides is 1. The van der Waals surface area contributed by atoms with Gasteiger partial charge in [0.25, 0.3) is 0 Å². The molecule has 0 atom stereocenters. The van der Waals surface area contributed by atoms with E-state index in [0.29, 0.717) is 6.42 Å². The number of alkyl halides is 3. The van der Waals surface area contributed by atoms with Crippen molar-refractivity contribution in [2.24, 2.45) is 0 Å². The zero-order chi connectivity index (χ0) is 16.4. The van der Waals surface area contributed by atoms with Crippen molar-refractivity contribution in [1.82, 2.24) is 4.90 Å². The van der Waals surface area contributed by atoms with Crippen LogP contribution in [0.1, 0.15) is 30.4 Å². The van der Waals surface area contributed by atoms with Gasteiger partial charge in [-0.1, -0.05) is 29.8 Å². The van der Waals surface area contributed by atoms with Crippen LogP contribution < -0.4 is 0 Å². The molecule has 1 aliphatic heterocycles. The van der Waals surface area contributed by atoms with Crippen molar-refractivity contribution in [3.63, 3.8) is 0 Å². The van der Waals surface area contributed by atoms with Crippen molar-refractivity contribution in [3.8, 4) is 0 Å². The lowest BCUT2D eigenvalue weighted by atomic mass is 9.90. The van der Waals surface area contributed by atoms with Crippen molar-refractivity contribution in [3.05, 3.63) is 35.4 Å². The van der Waals surface area contributed by atoms with E-state index in [-0.39, 0.29) is 25.4 Å². The number of carbonyl (C=O) groups is 1.